The van der Waals surface area contributed by atoms with Crippen molar-refractivity contribution in [2.75, 3.05) is 51.2 Å². The normalized spacial score (nSPS) is 15.3. The summed E-state index contributed by atoms with van der Waals surface area (Å²) in [5.74, 6) is 0.972. The van der Waals surface area contributed by atoms with Gasteiger partial charge in [-0.05, 0) is 18.6 Å². The van der Waals surface area contributed by atoms with E-state index in [9.17, 15) is 4.79 Å². The summed E-state index contributed by atoms with van der Waals surface area (Å²) in [4.78, 5) is 20.8. The first-order valence-corrected chi connectivity index (χ1v) is 8.77. The molecule has 1 saturated heterocycles. The van der Waals surface area contributed by atoms with Gasteiger partial charge in [0.1, 0.15) is 0 Å². The molecule has 24 heavy (non-hydrogen) atoms. The van der Waals surface area contributed by atoms with E-state index >= 15 is 0 Å². The third kappa shape index (κ3) is 5.44. The maximum absolute atomic E-state index is 12.3. The van der Waals surface area contributed by atoms with Crippen molar-refractivity contribution in [3.8, 4) is 0 Å². The summed E-state index contributed by atoms with van der Waals surface area (Å²) < 4.78 is 0. The molecule has 1 aliphatic heterocycles. The Morgan fingerprint density at radius 2 is 1.75 bits per heavy atom. The van der Waals surface area contributed by atoms with E-state index < -0.39 is 0 Å². The molecule has 6 nitrogen and oxygen atoms in total. The molecule has 0 unspecified atom stereocenters. The molecule has 1 fully saturated rings. The number of hydrogen-bond acceptors (Lipinski definition) is 3. The number of benzene rings is 1. The molecule has 1 aliphatic rings. The smallest absolute Gasteiger partial charge is 0.224 e. The van der Waals surface area contributed by atoms with Crippen molar-refractivity contribution in [3.63, 3.8) is 0 Å². The average Bonchev–Trinajstić information content (AvgIpc) is 2.65. The molecule has 0 aliphatic carbocycles. The van der Waals surface area contributed by atoms with Crippen LogP contribution in [0.3, 0.4) is 0 Å². The molecule has 0 bridgehead atoms. The Morgan fingerprint density at radius 3 is 2.38 bits per heavy atom. The Hall–Kier alpha value is -2.24. The number of amides is 1. The summed E-state index contributed by atoms with van der Waals surface area (Å²) in [6, 6.07) is 10.4. The zero-order valence-corrected chi connectivity index (χ0v) is 14.8. The van der Waals surface area contributed by atoms with Crippen molar-refractivity contribution < 1.29 is 4.79 Å². The second-order valence-electron chi connectivity index (χ2n) is 5.88. The molecule has 1 heterocycles. The van der Waals surface area contributed by atoms with Gasteiger partial charge in [-0.25, -0.2) is 0 Å². The second kappa shape index (κ2) is 9.80. The number of nitrogens with one attached hydrogen (secondary N) is 2. The van der Waals surface area contributed by atoms with Crippen LogP contribution in [-0.2, 0) is 4.79 Å². The fourth-order valence-corrected chi connectivity index (χ4v) is 2.76. The molecule has 1 amide bonds. The quantitative estimate of drug-likeness (QED) is 0.609. The minimum Gasteiger partial charge on any atom is -0.368 e. The second-order valence-corrected chi connectivity index (χ2v) is 5.88. The summed E-state index contributed by atoms with van der Waals surface area (Å²) in [7, 11) is 1.75. The Bertz CT molecular complexity index is 523. The molecule has 2 N–H and O–H groups in total. The van der Waals surface area contributed by atoms with E-state index in [1.54, 1.807) is 7.05 Å². The highest BCUT2D eigenvalue weighted by molar-refractivity contribution is 5.81. The summed E-state index contributed by atoms with van der Waals surface area (Å²) in [5, 5.41) is 6.39. The van der Waals surface area contributed by atoms with Gasteiger partial charge in [0.2, 0.25) is 5.91 Å². The number of hydrogen-bond donors (Lipinski definition) is 2. The number of nitrogens with zero attached hydrogens (tertiary/aromatic N) is 3. The molecule has 0 spiro atoms. The zero-order valence-electron chi connectivity index (χ0n) is 14.8. The van der Waals surface area contributed by atoms with E-state index in [2.05, 4.69) is 51.7 Å². The number of carbonyl (C=O) groups is 1. The van der Waals surface area contributed by atoms with Gasteiger partial charge in [0.05, 0.1) is 0 Å². The van der Waals surface area contributed by atoms with Crippen LogP contribution in [-0.4, -0.2) is 63.1 Å². The topological polar surface area (TPSA) is 60.0 Å². The highest BCUT2D eigenvalue weighted by Crippen LogP contribution is 2.15. The predicted octanol–water partition coefficient (Wildman–Crippen LogP) is 1.30. The number of piperazine rings is 1. The summed E-state index contributed by atoms with van der Waals surface area (Å²) in [6.45, 7) is 6.97. The molecule has 0 saturated carbocycles. The van der Waals surface area contributed by atoms with Crippen LogP contribution < -0.4 is 15.5 Å². The van der Waals surface area contributed by atoms with Gasteiger partial charge in [0.15, 0.2) is 5.96 Å². The van der Waals surface area contributed by atoms with Crippen molar-refractivity contribution in [3.05, 3.63) is 30.3 Å². The van der Waals surface area contributed by atoms with Crippen molar-refractivity contribution in [2.45, 2.75) is 19.8 Å². The molecule has 1 aromatic rings. The predicted molar refractivity (Wildman–Crippen MR) is 99.5 cm³/mol. The summed E-state index contributed by atoms with van der Waals surface area (Å²) in [6.07, 6.45) is 1.55. The number of carbonyl (C=O) groups excluding carboxylic acids is 1. The molecule has 132 valence electrons. The first-order valence-electron chi connectivity index (χ1n) is 8.77. The molecule has 0 radical (unpaired) electrons. The van der Waals surface area contributed by atoms with E-state index in [0.717, 1.165) is 45.1 Å². The molecule has 1 aromatic carbocycles. The van der Waals surface area contributed by atoms with Gasteiger partial charge in [0, 0.05) is 58.4 Å². The van der Waals surface area contributed by atoms with Crippen molar-refractivity contribution in [2.24, 2.45) is 4.99 Å². The van der Waals surface area contributed by atoms with E-state index in [4.69, 9.17) is 0 Å². The highest BCUT2D eigenvalue weighted by atomic mass is 16.2. The van der Waals surface area contributed by atoms with Crippen LogP contribution in [0.2, 0.25) is 0 Å². The lowest BCUT2D eigenvalue weighted by Gasteiger charge is -2.36. The molecular weight excluding hydrogens is 302 g/mol. The maximum Gasteiger partial charge on any atom is 0.224 e. The Kier molecular flexibility index (Phi) is 7.39. The third-order valence-corrected chi connectivity index (χ3v) is 4.15. The highest BCUT2D eigenvalue weighted by Gasteiger charge is 2.20. The van der Waals surface area contributed by atoms with E-state index in [1.165, 1.54) is 5.69 Å². The summed E-state index contributed by atoms with van der Waals surface area (Å²) in [5.41, 5.74) is 1.23. The van der Waals surface area contributed by atoms with Gasteiger partial charge in [-0.1, -0.05) is 25.1 Å². The first-order chi connectivity index (χ1) is 11.7. The fourth-order valence-electron chi connectivity index (χ4n) is 2.76. The van der Waals surface area contributed by atoms with Crippen LogP contribution in [0.4, 0.5) is 5.69 Å². The third-order valence-electron chi connectivity index (χ3n) is 4.15. The maximum atomic E-state index is 12.3. The number of para-hydroxylation sites is 1. The standard InChI is InChI=1S/C18H29N5O/c1-3-10-20-18(19-2)21-11-9-17(24)23-14-12-22(13-15-23)16-7-5-4-6-8-16/h4-8H,3,9-15H2,1-2H3,(H2,19,20,21). The van der Waals surface area contributed by atoms with Crippen LogP contribution >= 0.6 is 0 Å². The van der Waals surface area contributed by atoms with Gasteiger partial charge in [-0.3, -0.25) is 9.79 Å². The van der Waals surface area contributed by atoms with Gasteiger partial charge >= 0.3 is 0 Å². The van der Waals surface area contributed by atoms with Gasteiger partial charge in [-0.15, -0.1) is 0 Å². The minimum absolute atomic E-state index is 0.209. The lowest BCUT2D eigenvalue weighted by Crippen LogP contribution is -2.49. The van der Waals surface area contributed by atoms with Gasteiger partial charge in [0.25, 0.3) is 0 Å². The van der Waals surface area contributed by atoms with Crippen LogP contribution in [0.25, 0.3) is 0 Å². The van der Waals surface area contributed by atoms with Crippen LogP contribution in [0.15, 0.2) is 35.3 Å². The van der Waals surface area contributed by atoms with Crippen LogP contribution in [0, 0.1) is 0 Å². The molecule has 6 heteroatoms. The zero-order chi connectivity index (χ0) is 17.2. The number of rotatable bonds is 6. The molecule has 2 rings (SSSR count). The number of guanidine groups is 1. The summed E-state index contributed by atoms with van der Waals surface area (Å²) >= 11 is 0. The van der Waals surface area contributed by atoms with Crippen LogP contribution in [0.1, 0.15) is 19.8 Å². The van der Waals surface area contributed by atoms with Crippen molar-refractivity contribution in [1.29, 1.82) is 0 Å². The van der Waals surface area contributed by atoms with Crippen molar-refractivity contribution in [1.82, 2.24) is 15.5 Å². The van der Waals surface area contributed by atoms with Crippen LogP contribution in [0.5, 0.6) is 0 Å². The monoisotopic (exact) mass is 331 g/mol. The largest absolute Gasteiger partial charge is 0.368 e. The van der Waals surface area contributed by atoms with E-state index in [1.807, 2.05) is 11.0 Å². The molecular formula is C18H29N5O. The van der Waals surface area contributed by atoms with E-state index in [-0.39, 0.29) is 5.91 Å². The number of aliphatic imine (C=N–C) groups is 1. The fraction of sp³-hybridized carbons (Fsp3) is 0.556. The molecule has 0 atom stereocenters. The Labute approximate surface area is 144 Å². The molecule has 0 aromatic heterocycles. The van der Waals surface area contributed by atoms with Crippen molar-refractivity contribution >= 4 is 17.6 Å². The van der Waals surface area contributed by atoms with E-state index in [0.29, 0.717) is 13.0 Å². The average molecular weight is 331 g/mol. The Morgan fingerprint density at radius 1 is 1.08 bits per heavy atom. The lowest BCUT2D eigenvalue weighted by molar-refractivity contribution is -0.131. The number of anilines is 1. The Balaban J connectivity index is 1.69. The first kappa shape index (κ1) is 18.1. The van der Waals surface area contributed by atoms with Gasteiger partial charge in [-0.2, -0.15) is 0 Å². The van der Waals surface area contributed by atoms with Gasteiger partial charge < -0.3 is 20.4 Å². The lowest BCUT2D eigenvalue weighted by atomic mass is 10.2. The minimum atomic E-state index is 0.209. The SMILES string of the molecule is CCCNC(=NC)NCCC(=O)N1CCN(c2ccccc2)CC1.